The summed E-state index contributed by atoms with van der Waals surface area (Å²) in [6, 6.07) is -0.140. The summed E-state index contributed by atoms with van der Waals surface area (Å²) in [7, 11) is 0. The van der Waals surface area contributed by atoms with Crippen LogP contribution in [0.1, 0.15) is 12.8 Å². The minimum absolute atomic E-state index is 0.0648. The Morgan fingerprint density at radius 2 is 2.33 bits per heavy atom. The smallest absolute Gasteiger partial charge is 0.242 e. The van der Waals surface area contributed by atoms with Crippen molar-refractivity contribution in [3.63, 3.8) is 0 Å². The molecule has 2 N–H and O–H groups in total. The highest BCUT2D eigenvalue weighted by Crippen LogP contribution is 2.20. The zero-order valence-corrected chi connectivity index (χ0v) is 7.03. The van der Waals surface area contributed by atoms with Crippen molar-refractivity contribution < 1.29 is 9.53 Å². The fraction of sp³-hybridized carbons (Fsp3) is 0.875. The van der Waals surface area contributed by atoms with Gasteiger partial charge in [-0.2, -0.15) is 0 Å². The number of carbonyl (C=O) groups excluding carboxylic acids is 1. The van der Waals surface area contributed by atoms with Crippen LogP contribution in [-0.2, 0) is 9.53 Å². The Kier molecular flexibility index (Phi) is 2.02. The lowest BCUT2D eigenvalue weighted by Gasteiger charge is -2.21. The van der Waals surface area contributed by atoms with Crippen molar-refractivity contribution in [3.8, 4) is 0 Å². The minimum atomic E-state index is -0.437. The second kappa shape index (κ2) is 3.03. The van der Waals surface area contributed by atoms with Crippen LogP contribution in [0.5, 0.6) is 0 Å². The first kappa shape index (κ1) is 8.01. The van der Waals surface area contributed by atoms with Gasteiger partial charge < -0.3 is 15.4 Å². The van der Waals surface area contributed by atoms with E-state index in [4.69, 9.17) is 10.5 Å². The Bertz CT molecular complexity index is 195. The molecule has 0 spiro atoms. The average molecular weight is 170 g/mol. The van der Waals surface area contributed by atoms with Crippen molar-refractivity contribution in [2.75, 3.05) is 19.8 Å². The van der Waals surface area contributed by atoms with Crippen LogP contribution < -0.4 is 5.73 Å². The molecule has 0 aliphatic carbocycles. The highest BCUT2D eigenvalue weighted by Gasteiger charge is 2.34. The number of fused-ring (bicyclic) bond motifs is 1. The molecule has 2 saturated heterocycles. The fourth-order valence-corrected chi connectivity index (χ4v) is 1.91. The first-order valence-corrected chi connectivity index (χ1v) is 4.43. The van der Waals surface area contributed by atoms with Gasteiger partial charge in [-0.1, -0.05) is 0 Å². The number of nitrogens with two attached hydrogens (primary N) is 1. The zero-order valence-electron chi connectivity index (χ0n) is 7.03. The molecular formula is C8H14N2O2. The molecule has 2 unspecified atom stereocenters. The van der Waals surface area contributed by atoms with E-state index in [1.54, 1.807) is 0 Å². The third-order valence-corrected chi connectivity index (χ3v) is 2.59. The first-order valence-electron chi connectivity index (χ1n) is 4.43. The third-order valence-electron chi connectivity index (χ3n) is 2.59. The van der Waals surface area contributed by atoms with Crippen LogP contribution in [0, 0.1) is 0 Å². The summed E-state index contributed by atoms with van der Waals surface area (Å²) < 4.78 is 5.30. The van der Waals surface area contributed by atoms with E-state index in [-0.39, 0.29) is 5.91 Å². The molecule has 2 fully saturated rings. The zero-order chi connectivity index (χ0) is 8.55. The van der Waals surface area contributed by atoms with Crippen molar-refractivity contribution >= 4 is 5.91 Å². The van der Waals surface area contributed by atoms with E-state index in [0.717, 1.165) is 19.4 Å². The van der Waals surface area contributed by atoms with E-state index < -0.39 is 6.04 Å². The number of nitrogens with zero attached hydrogens (tertiary/aromatic N) is 1. The molecule has 12 heavy (non-hydrogen) atoms. The molecule has 4 heteroatoms. The minimum Gasteiger partial charge on any atom is -0.377 e. The van der Waals surface area contributed by atoms with Crippen molar-refractivity contribution in [1.29, 1.82) is 0 Å². The van der Waals surface area contributed by atoms with Crippen molar-refractivity contribution in [1.82, 2.24) is 4.90 Å². The van der Waals surface area contributed by atoms with Gasteiger partial charge in [0.1, 0.15) is 6.04 Å². The molecule has 0 aromatic heterocycles. The average Bonchev–Trinajstić information content (AvgIpc) is 2.46. The van der Waals surface area contributed by atoms with Crippen LogP contribution in [-0.4, -0.2) is 42.6 Å². The Morgan fingerprint density at radius 3 is 3.17 bits per heavy atom. The molecule has 2 aliphatic heterocycles. The fourth-order valence-electron chi connectivity index (χ4n) is 1.91. The lowest BCUT2D eigenvalue weighted by molar-refractivity contribution is -0.132. The molecule has 2 aliphatic rings. The van der Waals surface area contributed by atoms with E-state index in [2.05, 4.69) is 0 Å². The molecule has 1 amide bonds. The van der Waals surface area contributed by atoms with Gasteiger partial charge in [0.15, 0.2) is 0 Å². The van der Waals surface area contributed by atoms with Crippen LogP contribution in [0.2, 0.25) is 0 Å². The van der Waals surface area contributed by atoms with E-state index in [0.29, 0.717) is 19.3 Å². The molecule has 2 heterocycles. The van der Waals surface area contributed by atoms with Crippen LogP contribution in [0.25, 0.3) is 0 Å². The van der Waals surface area contributed by atoms with Gasteiger partial charge in [-0.05, 0) is 12.8 Å². The van der Waals surface area contributed by atoms with Crippen LogP contribution in [0.4, 0.5) is 0 Å². The Hall–Kier alpha value is -0.610. The lowest BCUT2D eigenvalue weighted by Crippen LogP contribution is -2.45. The van der Waals surface area contributed by atoms with Gasteiger partial charge in [0.25, 0.3) is 0 Å². The molecule has 4 nitrogen and oxygen atoms in total. The van der Waals surface area contributed by atoms with E-state index in [9.17, 15) is 4.79 Å². The maximum Gasteiger partial charge on any atom is 0.242 e. The standard InChI is InChI=1S/C8H14N2O2/c9-7-5-12-4-6-2-1-3-10(6)8(7)11/h6-7H,1-5,9H2. The predicted octanol–water partition coefficient (Wildman–Crippen LogP) is -0.665. The molecule has 2 atom stereocenters. The maximum absolute atomic E-state index is 11.5. The van der Waals surface area contributed by atoms with Crippen LogP contribution in [0.15, 0.2) is 0 Å². The van der Waals surface area contributed by atoms with Gasteiger partial charge in [-0.15, -0.1) is 0 Å². The number of rotatable bonds is 0. The summed E-state index contributed by atoms with van der Waals surface area (Å²) in [5.41, 5.74) is 5.62. The molecule has 68 valence electrons. The number of hydrogen-bond donors (Lipinski definition) is 1. The highest BCUT2D eigenvalue weighted by atomic mass is 16.5. The van der Waals surface area contributed by atoms with Gasteiger partial charge in [0.05, 0.1) is 19.3 Å². The number of amides is 1. The van der Waals surface area contributed by atoms with Crippen molar-refractivity contribution in [2.45, 2.75) is 24.9 Å². The summed E-state index contributed by atoms with van der Waals surface area (Å²) in [4.78, 5) is 13.4. The van der Waals surface area contributed by atoms with Crippen LogP contribution >= 0.6 is 0 Å². The second-order valence-electron chi connectivity index (χ2n) is 3.47. The molecule has 0 aromatic rings. The molecular weight excluding hydrogens is 156 g/mol. The number of hydrogen-bond acceptors (Lipinski definition) is 3. The van der Waals surface area contributed by atoms with Gasteiger partial charge in [0, 0.05) is 6.54 Å². The van der Waals surface area contributed by atoms with Gasteiger partial charge >= 0.3 is 0 Å². The Morgan fingerprint density at radius 1 is 1.50 bits per heavy atom. The quantitative estimate of drug-likeness (QED) is 0.525. The largest absolute Gasteiger partial charge is 0.377 e. The van der Waals surface area contributed by atoms with Gasteiger partial charge in [-0.3, -0.25) is 4.79 Å². The Balaban J connectivity index is 2.13. The van der Waals surface area contributed by atoms with Crippen molar-refractivity contribution in [3.05, 3.63) is 0 Å². The second-order valence-corrected chi connectivity index (χ2v) is 3.47. The molecule has 0 bridgehead atoms. The number of carbonyl (C=O) groups is 1. The SMILES string of the molecule is NC1COCC2CCCN2C1=O. The van der Waals surface area contributed by atoms with E-state index >= 15 is 0 Å². The van der Waals surface area contributed by atoms with Gasteiger partial charge in [0.2, 0.25) is 5.91 Å². The summed E-state index contributed by atoms with van der Waals surface area (Å²) in [6.07, 6.45) is 2.16. The highest BCUT2D eigenvalue weighted by molar-refractivity contribution is 5.82. The summed E-state index contributed by atoms with van der Waals surface area (Å²) in [5.74, 6) is 0.0648. The third kappa shape index (κ3) is 1.21. The topological polar surface area (TPSA) is 55.6 Å². The molecule has 2 rings (SSSR count). The Labute approximate surface area is 71.7 Å². The summed E-state index contributed by atoms with van der Waals surface area (Å²) in [6.45, 7) is 1.91. The lowest BCUT2D eigenvalue weighted by atomic mass is 10.2. The molecule has 0 aromatic carbocycles. The monoisotopic (exact) mass is 170 g/mol. The molecule has 0 saturated carbocycles. The number of ether oxygens (including phenoxy) is 1. The van der Waals surface area contributed by atoms with E-state index in [1.807, 2.05) is 4.90 Å². The van der Waals surface area contributed by atoms with Crippen molar-refractivity contribution in [2.24, 2.45) is 5.73 Å². The van der Waals surface area contributed by atoms with E-state index in [1.165, 1.54) is 0 Å². The molecule has 0 radical (unpaired) electrons. The summed E-state index contributed by atoms with van der Waals surface area (Å²) >= 11 is 0. The first-order chi connectivity index (χ1) is 5.79. The predicted molar refractivity (Wildman–Crippen MR) is 43.5 cm³/mol. The van der Waals surface area contributed by atoms with Crippen LogP contribution in [0.3, 0.4) is 0 Å². The maximum atomic E-state index is 11.5. The van der Waals surface area contributed by atoms with Gasteiger partial charge in [-0.25, -0.2) is 0 Å². The normalized spacial score (nSPS) is 36.4. The summed E-state index contributed by atoms with van der Waals surface area (Å²) in [5, 5.41) is 0.